The van der Waals surface area contributed by atoms with Crippen LogP contribution in [0.3, 0.4) is 0 Å². The second kappa shape index (κ2) is 8.76. The lowest BCUT2D eigenvalue weighted by atomic mass is 9.71. The largest absolute Gasteiger partial charge is 0.465 e. The van der Waals surface area contributed by atoms with Gasteiger partial charge in [-0.3, -0.25) is 9.69 Å². The predicted molar refractivity (Wildman–Crippen MR) is 130 cm³/mol. The van der Waals surface area contributed by atoms with Gasteiger partial charge in [0, 0.05) is 11.1 Å². The maximum atomic E-state index is 12.7. The number of anilines is 1. The summed E-state index contributed by atoms with van der Waals surface area (Å²) in [5.74, 6) is 0.0165. The summed E-state index contributed by atoms with van der Waals surface area (Å²) in [5.41, 5.74) is 4.06. The van der Waals surface area contributed by atoms with Crippen LogP contribution in [-0.2, 0) is 10.3 Å². The van der Waals surface area contributed by atoms with Gasteiger partial charge in [0.15, 0.2) is 6.10 Å². The summed E-state index contributed by atoms with van der Waals surface area (Å²) >= 11 is 0. The molecular weight excluding hydrogens is 444 g/mol. The molecule has 2 aromatic carbocycles. The zero-order valence-electron chi connectivity index (χ0n) is 19.2. The van der Waals surface area contributed by atoms with Crippen LogP contribution in [-0.4, -0.2) is 34.7 Å². The minimum absolute atomic E-state index is 0.0951. The van der Waals surface area contributed by atoms with Crippen LogP contribution in [0.4, 0.5) is 10.5 Å². The first kappa shape index (κ1) is 22.4. The lowest BCUT2D eigenvalue weighted by Gasteiger charge is -2.42. The van der Waals surface area contributed by atoms with Crippen LogP contribution < -0.4 is 15.0 Å². The molecule has 1 saturated carbocycles. The number of fused-ring (bicyclic) bond motifs is 1. The zero-order chi connectivity index (χ0) is 24.6. The van der Waals surface area contributed by atoms with E-state index in [-0.39, 0.29) is 12.5 Å². The molecule has 0 radical (unpaired) electrons. The van der Waals surface area contributed by atoms with E-state index in [2.05, 4.69) is 11.4 Å². The molecule has 1 aromatic heterocycles. The summed E-state index contributed by atoms with van der Waals surface area (Å²) in [6, 6.07) is 21.4. The Hall–Kier alpha value is -4.38. The molecule has 1 aliphatic carbocycles. The third-order valence-electron chi connectivity index (χ3n) is 6.74. The van der Waals surface area contributed by atoms with Crippen molar-refractivity contribution in [3.63, 3.8) is 0 Å². The van der Waals surface area contributed by atoms with Crippen LogP contribution in [0.1, 0.15) is 31.7 Å². The van der Waals surface area contributed by atoms with Gasteiger partial charge in [-0.2, -0.15) is 5.26 Å². The lowest BCUT2D eigenvalue weighted by molar-refractivity contribution is -0.125. The highest BCUT2D eigenvalue weighted by Crippen LogP contribution is 2.44. The number of amides is 2. The summed E-state index contributed by atoms with van der Waals surface area (Å²) in [7, 11) is 0. The van der Waals surface area contributed by atoms with E-state index in [0.717, 1.165) is 41.5 Å². The number of carboxylic acid groups (broad SMARTS) is 1. The number of benzene rings is 2. The summed E-state index contributed by atoms with van der Waals surface area (Å²) in [4.78, 5) is 30.3. The molecule has 0 bridgehead atoms. The quantitative estimate of drug-likeness (QED) is 0.525. The number of ether oxygens (including phenoxy) is 1. The van der Waals surface area contributed by atoms with Crippen molar-refractivity contribution >= 4 is 17.7 Å². The van der Waals surface area contributed by atoms with Crippen LogP contribution in [0.25, 0.3) is 22.4 Å². The second-order valence-electron chi connectivity index (χ2n) is 8.86. The molecule has 176 valence electrons. The Kier molecular flexibility index (Phi) is 5.61. The van der Waals surface area contributed by atoms with Crippen LogP contribution in [0.5, 0.6) is 5.88 Å². The number of pyridine rings is 1. The molecule has 1 atom stereocenters. The van der Waals surface area contributed by atoms with E-state index in [1.54, 1.807) is 6.92 Å². The maximum absolute atomic E-state index is 12.7. The normalized spacial score (nSPS) is 18.0. The Morgan fingerprint density at radius 3 is 2.51 bits per heavy atom. The molecule has 2 aliphatic rings. The molecule has 0 saturated heterocycles. The van der Waals surface area contributed by atoms with E-state index >= 15 is 0 Å². The number of aromatic nitrogens is 1. The summed E-state index contributed by atoms with van der Waals surface area (Å²) in [6.07, 6.45) is 0.722. The molecule has 0 spiro atoms. The number of nitrogens with zero attached hydrogens (tertiary/aromatic N) is 3. The highest BCUT2D eigenvalue weighted by Gasteiger charge is 2.40. The summed E-state index contributed by atoms with van der Waals surface area (Å²) in [5, 5.41) is 21.3. The van der Waals surface area contributed by atoms with Crippen LogP contribution in [0.2, 0.25) is 0 Å². The molecule has 2 heterocycles. The Labute approximate surface area is 202 Å². The topological polar surface area (TPSA) is 116 Å². The fourth-order valence-electron chi connectivity index (χ4n) is 4.78. The summed E-state index contributed by atoms with van der Waals surface area (Å²) in [6.45, 7) is 1.55. The van der Waals surface area contributed by atoms with Crippen molar-refractivity contribution in [2.24, 2.45) is 0 Å². The van der Waals surface area contributed by atoms with Gasteiger partial charge in [-0.05, 0) is 43.4 Å². The molecule has 5 rings (SSSR count). The fraction of sp³-hybridized carbons (Fsp3) is 0.259. The predicted octanol–water partition coefficient (Wildman–Crippen LogP) is 4.70. The lowest BCUT2D eigenvalue weighted by Crippen LogP contribution is -2.50. The number of carbonyl (C=O) groups is 2. The van der Waals surface area contributed by atoms with Crippen molar-refractivity contribution in [2.45, 2.75) is 37.8 Å². The number of rotatable bonds is 5. The number of nitrogens with one attached hydrogen (secondary N) is 1. The third-order valence-corrected chi connectivity index (χ3v) is 6.74. The fourth-order valence-corrected chi connectivity index (χ4v) is 4.78. The molecule has 1 fully saturated rings. The van der Waals surface area contributed by atoms with Crippen molar-refractivity contribution < 1.29 is 19.4 Å². The van der Waals surface area contributed by atoms with E-state index in [1.165, 1.54) is 4.90 Å². The number of hydrogen-bond donors (Lipinski definition) is 2. The molecule has 1 aliphatic heterocycles. The van der Waals surface area contributed by atoms with Gasteiger partial charge in [0.05, 0.1) is 17.3 Å². The van der Waals surface area contributed by atoms with E-state index in [9.17, 15) is 20.0 Å². The van der Waals surface area contributed by atoms with Gasteiger partial charge in [0.2, 0.25) is 5.88 Å². The van der Waals surface area contributed by atoms with Crippen molar-refractivity contribution in [1.29, 1.82) is 5.26 Å². The van der Waals surface area contributed by atoms with Gasteiger partial charge in [0.1, 0.15) is 12.2 Å². The van der Waals surface area contributed by atoms with E-state index in [4.69, 9.17) is 9.72 Å². The third kappa shape index (κ3) is 3.95. The van der Waals surface area contributed by atoms with Crippen molar-refractivity contribution in [3.05, 3.63) is 66.2 Å². The highest BCUT2D eigenvalue weighted by molar-refractivity contribution is 6.01. The Bertz CT molecular complexity index is 1330. The molecule has 2 N–H and O–H groups in total. The average molecular weight is 469 g/mol. The number of carbonyl (C=O) groups excluding carboxylic acids is 1. The van der Waals surface area contributed by atoms with Gasteiger partial charge in [-0.25, -0.2) is 9.78 Å². The van der Waals surface area contributed by atoms with E-state index < -0.39 is 17.7 Å². The minimum atomic E-state index is -1.03. The van der Waals surface area contributed by atoms with E-state index in [0.29, 0.717) is 17.3 Å². The smallest absolute Gasteiger partial charge is 0.405 e. The monoisotopic (exact) mass is 468 g/mol. The molecule has 1 unspecified atom stereocenters. The van der Waals surface area contributed by atoms with Gasteiger partial charge in [0.25, 0.3) is 5.91 Å². The standard InChI is InChI=1S/C27H24N4O4/c1-17-25(32)31(15-14-28)22-16-21(18-6-3-2-4-7-18)23(29-24(22)35-17)19-8-10-20(11-9-19)27(12-5-13-27)30-26(33)34/h2-4,6-11,16-17,30H,5,12-13,15H2,1H3,(H,33,34). The first-order chi connectivity index (χ1) is 16.9. The van der Waals surface area contributed by atoms with Crippen molar-refractivity contribution in [2.75, 3.05) is 11.4 Å². The number of nitriles is 1. The van der Waals surface area contributed by atoms with Gasteiger partial charge >= 0.3 is 6.09 Å². The molecule has 3 aromatic rings. The molecule has 8 nitrogen and oxygen atoms in total. The molecular formula is C27H24N4O4. The van der Waals surface area contributed by atoms with Crippen LogP contribution in [0, 0.1) is 11.3 Å². The van der Waals surface area contributed by atoms with Crippen molar-refractivity contribution in [1.82, 2.24) is 10.3 Å². The second-order valence-corrected chi connectivity index (χ2v) is 8.86. The SMILES string of the molecule is CC1Oc2nc(-c3ccc(C4(NC(=O)O)CCC4)cc3)c(-c3ccccc3)cc2N(CC#N)C1=O. The van der Waals surface area contributed by atoms with Gasteiger partial charge in [-0.15, -0.1) is 0 Å². The minimum Gasteiger partial charge on any atom is -0.465 e. The first-order valence-electron chi connectivity index (χ1n) is 11.5. The zero-order valence-corrected chi connectivity index (χ0v) is 19.2. The van der Waals surface area contributed by atoms with E-state index in [1.807, 2.05) is 60.7 Å². The highest BCUT2D eigenvalue weighted by atomic mass is 16.5. The Morgan fingerprint density at radius 1 is 1.20 bits per heavy atom. The van der Waals surface area contributed by atoms with Crippen molar-refractivity contribution in [3.8, 4) is 34.3 Å². The van der Waals surface area contributed by atoms with Crippen LogP contribution in [0.15, 0.2) is 60.7 Å². The Balaban J connectivity index is 1.62. The molecule has 2 amide bonds. The van der Waals surface area contributed by atoms with Gasteiger partial charge in [-0.1, -0.05) is 54.6 Å². The Morgan fingerprint density at radius 2 is 1.91 bits per heavy atom. The first-order valence-corrected chi connectivity index (χ1v) is 11.5. The molecule has 35 heavy (non-hydrogen) atoms. The molecule has 8 heteroatoms. The maximum Gasteiger partial charge on any atom is 0.405 e. The van der Waals surface area contributed by atoms with Gasteiger partial charge < -0.3 is 15.2 Å². The summed E-state index contributed by atoms with van der Waals surface area (Å²) < 4.78 is 5.83. The number of hydrogen-bond acceptors (Lipinski definition) is 5. The van der Waals surface area contributed by atoms with Crippen LogP contribution >= 0.6 is 0 Å². The average Bonchev–Trinajstić information content (AvgIpc) is 2.84.